The fourth-order valence-electron chi connectivity index (χ4n) is 5.34. The molecule has 2 aromatic heterocycles. The molecule has 3 aromatic carbocycles. The lowest BCUT2D eigenvalue weighted by Gasteiger charge is -2.32. The molecular formula is C33H34N6OS. The van der Waals surface area contributed by atoms with Crippen molar-refractivity contribution in [2.24, 2.45) is 0 Å². The lowest BCUT2D eigenvalue weighted by molar-refractivity contribution is 0.148. The van der Waals surface area contributed by atoms with Crippen molar-refractivity contribution in [2.45, 2.75) is 13.5 Å². The quantitative estimate of drug-likeness (QED) is 0.209. The summed E-state index contributed by atoms with van der Waals surface area (Å²) in [7, 11) is 2.18. The number of benzene rings is 3. The average molecular weight is 563 g/mol. The maximum atomic E-state index is 12.5. The third-order valence-electron chi connectivity index (χ3n) is 7.59. The molecular weight excluding hydrogens is 528 g/mol. The van der Waals surface area contributed by atoms with E-state index in [0.29, 0.717) is 11.5 Å². The molecule has 2 amide bonds. The van der Waals surface area contributed by atoms with Crippen LogP contribution in [0.2, 0.25) is 0 Å². The van der Waals surface area contributed by atoms with E-state index in [9.17, 15) is 4.79 Å². The molecule has 0 atom stereocenters. The molecule has 41 heavy (non-hydrogen) atoms. The van der Waals surface area contributed by atoms with Gasteiger partial charge in [0.15, 0.2) is 0 Å². The molecule has 0 saturated carbocycles. The van der Waals surface area contributed by atoms with Crippen molar-refractivity contribution in [3.8, 4) is 22.3 Å². The molecule has 0 spiro atoms. The van der Waals surface area contributed by atoms with Gasteiger partial charge in [-0.25, -0.2) is 9.78 Å². The van der Waals surface area contributed by atoms with Crippen LogP contribution in [0.15, 0.2) is 84.4 Å². The summed E-state index contributed by atoms with van der Waals surface area (Å²) in [5, 5.41) is 8.90. The molecule has 7 nitrogen and oxygen atoms in total. The van der Waals surface area contributed by atoms with Gasteiger partial charge in [0, 0.05) is 71.5 Å². The van der Waals surface area contributed by atoms with E-state index in [-0.39, 0.29) is 6.03 Å². The van der Waals surface area contributed by atoms with Crippen molar-refractivity contribution in [1.82, 2.24) is 14.8 Å². The highest BCUT2D eigenvalue weighted by atomic mass is 32.1. The fraction of sp³-hybridized carbons (Fsp3) is 0.212. The lowest BCUT2D eigenvalue weighted by atomic mass is 10.00. The number of aryl methyl sites for hydroxylation is 1. The van der Waals surface area contributed by atoms with E-state index in [1.165, 1.54) is 5.56 Å². The number of hydrogen-bond acceptors (Lipinski definition) is 6. The first-order chi connectivity index (χ1) is 19.9. The zero-order valence-corrected chi connectivity index (χ0v) is 24.2. The molecule has 0 radical (unpaired) electrons. The van der Waals surface area contributed by atoms with Crippen LogP contribution < -0.4 is 16.4 Å². The zero-order chi connectivity index (χ0) is 28.3. The van der Waals surface area contributed by atoms with Crippen LogP contribution in [0.25, 0.3) is 32.3 Å². The van der Waals surface area contributed by atoms with Crippen LogP contribution >= 0.6 is 11.3 Å². The number of hydrogen-bond donors (Lipinski definition) is 3. The van der Waals surface area contributed by atoms with E-state index in [0.717, 1.165) is 76.3 Å². The largest absolute Gasteiger partial charge is 0.383 e. The van der Waals surface area contributed by atoms with Crippen molar-refractivity contribution in [1.29, 1.82) is 0 Å². The minimum absolute atomic E-state index is 0.280. The van der Waals surface area contributed by atoms with Gasteiger partial charge >= 0.3 is 6.03 Å². The van der Waals surface area contributed by atoms with Crippen molar-refractivity contribution in [3.63, 3.8) is 0 Å². The molecule has 0 unspecified atom stereocenters. The van der Waals surface area contributed by atoms with Crippen LogP contribution in [0.3, 0.4) is 0 Å². The van der Waals surface area contributed by atoms with Gasteiger partial charge in [-0.1, -0.05) is 42.5 Å². The number of nitrogens with zero attached hydrogens (tertiary/aromatic N) is 3. The summed E-state index contributed by atoms with van der Waals surface area (Å²) in [6.07, 6.45) is 1.90. The predicted octanol–water partition coefficient (Wildman–Crippen LogP) is 6.91. The molecule has 5 aromatic rings. The van der Waals surface area contributed by atoms with E-state index in [1.807, 2.05) is 61.7 Å². The first-order valence-corrected chi connectivity index (χ1v) is 14.7. The first-order valence-electron chi connectivity index (χ1n) is 13.8. The van der Waals surface area contributed by atoms with Crippen LogP contribution in [-0.4, -0.2) is 54.0 Å². The van der Waals surface area contributed by atoms with Gasteiger partial charge in [0.05, 0.1) is 0 Å². The molecule has 1 aliphatic rings. The third kappa shape index (κ3) is 6.10. The molecule has 6 rings (SSSR count). The zero-order valence-electron chi connectivity index (χ0n) is 23.4. The second-order valence-electron chi connectivity index (χ2n) is 10.7. The molecule has 1 aliphatic heterocycles. The summed E-state index contributed by atoms with van der Waals surface area (Å²) in [6.45, 7) is 7.35. The molecule has 0 bridgehead atoms. The van der Waals surface area contributed by atoms with Crippen molar-refractivity contribution in [2.75, 3.05) is 49.6 Å². The van der Waals surface area contributed by atoms with Gasteiger partial charge in [-0.2, -0.15) is 0 Å². The number of nitrogens with one attached hydrogen (secondary N) is 2. The van der Waals surface area contributed by atoms with Gasteiger partial charge in [-0.3, -0.25) is 4.90 Å². The van der Waals surface area contributed by atoms with Gasteiger partial charge in [0.2, 0.25) is 0 Å². The summed E-state index contributed by atoms with van der Waals surface area (Å²) in [6, 6.07) is 24.0. The molecule has 4 N–H and O–H groups in total. The van der Waals surface area contributed by atoms with Gasteiger partial charge in [0.1, 0.15) is 5.82 Å². The number of pyridine rings is 1. The van der Waals surface area contributed by atoms with Crippen LogP contribution in [0.5, 0.6) is 0 Å². The summed E-state index contributed by atoms with van der Waals surface area (Å²) >= 11 is 1.69. The number of aromatic nitrogens is 1. The topological polar surface area (TPSA) is 86.5 Å². The Morgan fingerprint density at radius 1 is 0.902 bits per heavy atom. The average Bonchev–Trinajstić information content (AvgIpc) is 3.41. The molecule has 3 heterocycles. The number of piperazine rings is 1. The standard InChI is InChI=1S/C33H34N6OS/c1-22-5-3-8-27(17-22)37-33(40)36-26-11-9-24(10-12-26)29-21-41-31-28(19-35-32(34)30(29)31)25-7-4-6-23(18-25)20-39-15-13-38(2)14-16-39/h3-12,17-19,21H,13-16,20H2,1-2H3,(H2,34,35)(H2,36,37,40). The first kappa shape index (κ1) is 27.0. The number of nitrogen functional groups attached to an aromatic ring is 1. The van der Waals surface area contributed by atoms with Gasteiger partial charge < -0.3 is 21.3 Å². The number of thiophene rings is 1. The van der Waals surface area contributed by atoms with E-state index < -0.39 is 0 Å². The van der Waals surface area contributed by atoms with Crippen LogP contribution in [-0.2, 0) is 6.54 Å². The Bertz CT molecular complexity index is 1690. The van der Waals surface area contributed by atoms with Crippen LogP contribution in [0.1, 0.15) is 11.1 Å². The minimum Gasteiger partial charge on any atom is -0.383 e. The molecule has 1 saturated heterocycles. The van der Waals surface area contributed by atoms with Crippen molar-refractivity contribution in [3.05, 3.63) is 95.5 Å². The van der Waals surface area contributed by atoms with Crippen LogP contribution in [0, 0.1) is 6.92 Å². The number of carbonyl (C=O) groups excluding carboxylic acids is 1. The van der Waals surface area contributed by atoms with E-state index >= 15 is 0 Å². The van der Waals surface area contributed by atoms with Gasteiger partial charge in [0.25, 0.3) is 0 Å². The number of urea groups is 1. The third-order valence-corrected chi connectivity index (χ3v) is 8.61. The van der Waals surface area contributed by atoms with E-state index in [2.05, 4.69) is 62.1 Å². The number of anilines is 3. The molecule has 1 fully saturated rings. The number of carbonyl (C=O) groups is 1. The molecule has 8 heteroatoms. The highest BCUT2D eigenvalue weighted by Crippen LogP contribution is 2.42. The summed E-state index contributed by atoms with van der Waals surface area (Å²) in [5.74, 6) is 0.522. The van der Waals surface area contributed by atoms with Crippen molar-refractivity contribution >= 4 is 44.6 Å². The second kappa shape index (κ2) is 11.7. The lowest BCUT2D eigenvalue weighted by Crippen LogP contribution is -2.43. The number of amides is 2. The van der Waals surface area contributed by atoms with E-state index in [1.54, 1.807) is 11.3 Å². The van der Waals surface area contributed by atoms with Crippen molar-refractivity contribution < 1.29 is 4.79 Å². The Morgan fingerprint density at radius 2 is 1.66 bits per heavy atom. The number of likely N-dealkylation sites (N-methyl/N-ethyl adjacent to an activating group) is 1. The Hall–Kier alpha value is -4.24. The smallest absolute Gasteiger partial charge is 0.323 e. The normalized spacial score (nSPS) is 14.3. The Balaban J connectivity index is 1.22. The fourth-order valence-corrected chi connectivity index (χ4v) is 6.46. The summed E-state index contributed by atoms with van der Waals surface area (Å²) in [5.41, 5.74) is 14.6. The maximum Gasteiger partial charge on any atom is 0.323 e. The summed E-state index contributed by atoms with van der Waals surface area (Å²) in [4.78, 5) is 22.0. The number of rotatable bonds is 6. The Morgan fingerprint density at radius 3 is 2.44 bits per heavy atom. The minimum atomic E-state index is -0.280. The number of nitrogens with two attached hydrogens (primary N) is 1. The van der Waals surface area contributed by atoms with Crippen LogP contribution in [0.4, 0.5) is 22.0 Å². The SMILES string of the molecule is Cc1cccc(NC(=O)Nc2ccc(-c3csc4c(-c5cccc(CN6CCN(C)CC6)c5)cnc(N)c34)cc2)c1. The predicted molar refractivity (Wildman–Crippen MR) is 171 cm³/mol. The summed E-state index contributed by atoms with van der Waals surface area (Å²) < 4.78 is 1.13. The monoisotopic (exact) mass is 562 g/mol. The Labute approximate surface area is 244 Å². The van der Waals surface area contributed by atoms with Gasteiger partial charge in [-0.05, 0) is 71.9 Å². The maximum absolute atomic E-state index is 12.5. The van der Waals surface area contributed by atoms with E-state index in [4.69, 9.17) is 5.73 Å². The second-order valence-corrected chi connectivity index (χ2v) is 11.6. The van der Waals surface area contributed by atoms with Gasteiger partial charge in [-0.15, -0.1) is 11.3 Å². The highest BCUT2D eigenvalue weighted by Gasteiger charge is 2.17. The number of fused-ring (bicyclic) bond motifs is 1. The molecule has 0 aliphatic carbocycles. The molecule has 208 valence electrons. The highest BCUT2D eigenvalue weighted by molar-refractivity contribution is 7.18. The Kier molecular flexibility index (Phi) is 7.69.